The van der Waals surface area contributed by atoms with E-state index in [1.165, 1.54) is 0 Å². The molecule has 12 heteroatoms. The third-order valence-electron chi connectivity index (χ3n) is 2.35. The summed E-state index contributed by atoms with van der Waals surface area (Å²) in [4.78, 5) is 42.3. The predicted molar refractivity (Wildman–Crippen MR) is 71.8 cm³/mol. The number of hydrogen-bond acceptors (Lipinski definition) is 8. The number of amides is 2. The van der Waals surface area contributed by atoms with Gasteiger partial charge < -0.3 is 9.47 Å². The molecule has 12 nitrogen and oxygen atoms in total. The van der Waals surface area contributed by atoms with Crippen LogP contribution in [0, 0.1) is 20.2 Å². The topological polar surface area (TPSA) is 163 Å². The lowest BCUT2D eigenvalue weighted by Crippen LogP contribution is -2.15. The zero-order valence-corrected chi connectivity index (χ0v) is 11.3. The van der Waals surface area contributed by atoms with Crippen LogP contribution in [0.2, 0.25) is 0 Å². The first-order chi connectivity index (χ1) is 10.3. The zero-order chi connectivity index (χ0) is 16.9. The Kier molecular flexibility index (Phi) is 5.16. The number of nitro groups is 2. The van der Waals surface area contributed by atoms with Crippen LogP contribution in [0.1, 0.15) is 0 Å². The average Bonchev–Trinajstić information content (AvgIpc) is 2.46. The van der Waals surface area contributed by atoms with Gasteiger partial charge in [0.25, 0.3) is 11.4 Å². The Hall–Kier alpha value is -3.44. The first kappa shape index (κ1) is 16.6. The Morgan fingerprint density at radius 3 is 1.55 bits per heavy atom. The number of ether oxygens (including phenoxy) is 2. The van der Waals surface area contributed by atoms with Gasteiger partial charge in [0, 0.05) is 0 Å². The summed E-state index contributed by atoms with van der Waals surface area (Å²) in [6.07, 6.45) is -2.05. The van der Waals surface area contributed by atoms with E-state index in [1.54, 1.807) is 0 Å². The van der Waals surface area contributed by atoms with Gasteiger partial charge in [0.1, 0.15) is 11.4 Å². The highest BCUT2D eigenvalue weighted by Crippen LogP contribution is 2.36. The van der Waals surface area contributed by atoms with Crippen molar-refractivity contribution < 1.29 is 28.9 Å². The van der Waals surface area contributed by atoms with Crippen molar-refractivity contribution in [2.75, 3.05) is 24.9 Å². The van der Waals surface area contributed by atoms with Gasteiger partial charge in [0.05, 0.1) is 30.1 Å². The molecule has 1 aromatic rings. The average molecular weight is 314 g/mol. The monoisotopic (exact) mass is 314 g/mol. The second kappa shape index (κ2) is 6.83. The molecule has 0 bridgehead atoms. The molecular weight excluding hydrogens is 304 g/mol. The van der Waals surface area contributed by atoms with Crippen LogP contribution in [0.25, 0.3) is 0 Å². The fourth-order valence-electron chi connectivity index (χ4n) is 1.40. The molecule has 0 radical (unpaired) electrons. The highest BCUT2D eigenvalue weighted by Gasteiger charge is 2.26. The van der Waals surface area contributed by atoms with E-state index in [9.17, 15) is 29.8 Å². The first-order valence-corrected chi connectivity index (χ1v) is 5.47. The van der Waals surface area contributed by atoms with E-state index in [2.05, 4.69) is 9.47 Å². The number of carbonyl (C=O) groups excluding carboxylic acids is 2. The lowest BCUT2D eigenvalue weighted by molar-refractivity contribution is -0.393. The van der Waals surface area contributed by atoms with Crippen LogP contribution in [0.15, 0.2) is 12.1 Å². The van der Waals surface area contributed by atoms with Gasteiger partial charge in [-0.2, -0.15) is 0 Å². The molecule has 2 amide bonds. The summed E-state index contributed by atoms with van der Waals surface area (Å²) in [7, 11) is 2.06. The molecule has 0 atom stereocenters. The highest BCUT2D eigenvalue weighted by molar-refractivity contribution is 5.94. The van der Waals surface area contributed by atoms with E-state index < -0.39 is 44.8 Å². The second-order valence-electron chi connectivity index (χ2n) is 3.63. The van der Waals surface area contributed by atoms with Gasteiger partial charge >= 0.3 is 12.2 Å². The summed E-state index contributed by atoms with van der Waals surface area (Å²) < 4.78 is 8.58. The van der Waals surface area contributed by atoms with Gasteiger partial charge in [-0.05, 0) is 6.07 Å². The Morgan fingerprint density at radius 1 is 0.909 bits per heavy atom. The standard InChI is InChI=1S/C10H10N4O8/c1-21-9(15)11-5-3-6(12-10(16)22-2)8(14(19)20)4-7(5)13(17)18/h3-4H,1-2H3,(H,11,15)(H,12,16). The van der Waals surface area contributed by atoms with Crippen molar-refractivity contribution in [3.05, 3.63) is 32.4 Å². The van der Waals surface area contributed by atoms with Crippen molar-refractivity contribution >= 4 is 34.9 Å². The van der Waals surface area contributed by atoms with Gasteiger partial charge in [-0.3, -0.25) is 30.9 Å². The van der Waals surface area contributed by atoms with Gasteiger partial charge in [0.15, 0.2) is 0 Å². The van der Waals surface area contributed by atoms with Crippen LogP contribution < -0.4 is 10.6 Å². The molecule has 2 N–H and O–H groups in total. The van der Waals surface area contributed by atoms with Crippen LogP contribution in [-0.2, 0) is 9.47 Å². The van der Waals surface area contributed by atoms with Crippen molar-refractivity contribution in [3.63, 3.8) is 0 Å². The summed E-state index contributed by atoms with van der Waals surface area (Å²) >= 11 is 0. The summed E-state index contributed by atoms with van der Waals surface area (Å²) in [5.41, 5.74) is -2.28. The number of methoxy groups -OCH3 is 2. The highest BCUT2D eigenvalue weighted by atomic mass is 16.6. The molecule has 0 spiro atoms. The van der Waals surface area contributed by atoms with E-state index in [0.29, 0.717) is 6.07 Å². The minimum atomic E-state index is -1.03. The van der Waals surface area contributed by atoms with Crippen molar-refractivity contribution in [1.29, 1.82) is 0 Å². The summed E-state index contributed by atoms with van der Waals surface area (Å²) in [6, 6.07) is 1.45. The number of rotatable bonds is 4. The molecule has 0 unspecified atom stereocenters. The number of anilines is 2. The minimum Gasteiger partial charge on any atom is -0.453 e. The molecule has 0 saturated carbocycles. The Morgan fingerprint density at radius 2 is 1.27 bits per heavy atom. The predicted octanol–water partition coefficient (Wildman–Crippen LogP) is 1.86. The maximum atomic E-state index is 11.2. The number of carbonyl (C=O) groups is 2. The summed E-state index contributed by atoms with van der Waals surface area (Å²) in [6.45, 7) is 0. The summed E-state index contributed by atoms with van der Waals surface area (Å²) in [5, 5.41) is 25.9. The van der Waals surface area contributed by atoms with Crippen LogP contribution in [-0.4, -0.2) is 36.3 Å². The molecule has 22 heavy (non-hydrogen) atoms. The van der Waals surface area contributed by atoms with Crippen LogP contribution in [0.4, 0.5) is 32.3 Å². The summed E-state index contributed by atoms with van der Waals surface area (Å²) in [5.74, 6) is 0. The molecular formula is C10H10N4O8. The molecule has 0 aliphatic carbocycles. The quantitative estimate of drug-likeness (QED) is 0.628. The molecule has 1 rings (SSSR count). The number of nitrogens with zero attached hydrogens (tertiary/aromatic N) is 2. The molecule has 1 aromatic carbocycles. The van der Waals surface area contributed by atoms with Crippen LogP contribution in [0.3, 0.4) is 0 Å². The van der Waals surface area contributed by atoms with Crippen molar-refractivity contribution in [2.24, 2.45) is 0 Å². The number of nitro benzene ring substituents is 2. The molecule has 0 fully saturated rings. The second-order valence-corrected chi connectivity index (χ2v) is 3.63. The molecule has 0 saturated heterocycles. The van der Waals surface area contributed by atoms with E-state index in [0.717, 1.165) is 20.3 Å². The molecule has 118 valence electrons. The SMILES string of the molecule is COC(=O)Nc1cc(NC(=O)OC)c([N+](=O)[O-])cc1[N+](=O)[O-]. The number of nitrogens with one attached hydrogen (secondary N) is 2. The Balaban J connectivity index is 3.44. The normalized spacial score (nSPS) is 9.55. The van der Waals surface area contributed by atoms with Crippen LogP contribution >= 0.6 is 0 Å². The van der Waals surface area contributed by atoms with Crippen LogP contribution in [0.5, 0.6) is 0 Å². The molecule has 0 aliphatic rings. The Bertz CT molecular complexity index is 593. The Labute approximate surface area is 122 Å². The smallest absolute Gasteiger partial charge is 0.411 e. The van der Waals surface area contributed by atoms with Gasteiger partial charge in [-0.15, -0.1) is 0 Å². The largest absolute Gasteiger partial charge is 0.453 e. The lowest BCUT2D eigenvalue weighted by Gasteiger charge is -2.09. The van der Waals surface area contributed by atoms with E-state index in [4.69, 9.17) is 0 Å². The van der Waals surface area contributed by atoms with E-state index >= 15 is 0 Å². The third kappa shape index (κ3) is 3.78. The zero-order valence-electron chi connectivity index (χ0n) is 11.3. The van der Waals surface area contributed by atoms with E-state index in [1.807, 2.05) is 10.6 Å². The lowest BCUT2D eigenvalue weighted by atomic mass is 10.2. The third-order valence-corrected chi connectivity index (χ3v) is 2.35. The van der Waals surface area contributed by atoms with Crippen molar-refractivity contribution in [1.82, 2.24) is 0 Å². The van der Waals surface area contributed by atoms with E-state index in [-0.39, 0.29) is 0 Å². The maximum absolute atomic E-state index is 11.2. The molecule has 0 aromatic heterocycles. The first-order valence-electron chi connectivity index (χ1n) is 5.47. The van der Waals surface area contributed by atoms with Gasteiger partial charge in [-0.25, -0.2) is 9.59 Å². The number of hydrogen-bond donors (Lipinski definition) is 2. The van der Waals surface area contributed by atoms with Gasteiger partial charge in [-0.1, -0.05) is 0 Å². The maximum Gasteiger partial charge on any atom is 0.411 e. The minimum absolute atomic E-state index is 0.395. The fraction of sp³-hybridized carbons (Fsp3) is 0.200. The van der Waals surface area contributed by atoms with Gasteiger partial charge in [0.2, 0.25) is 0 Å². The molecule has 0 aliphatic heterocycles. The van der Waals surface area contributed by atoms with Crippen molar-refractivity contribution in [2.45, 2.75) is 0 Å². The van der Waals surface area contributed by atoms with Crippen molar-refractivity contribution in [3.8, 4) is 0 Å². The fourth-order valence-corrected chi connectivity index (χ4v) is 1.40. The number of benzene rings is 1. The molecule has 0 heterocycles.